The first-order valence-corrected chi connectivity index (χ1v) is 8.41. The van der Waals surface area contributed by atoms with E-state index < -0.39 is 0 Å². The van der Waals surface area contributed by atoms with Crippen molar-refractivity contribution in [2.75, 3.05) is 46.5 Å². The summed E-state index contributed by atoms with van der Waals surface area (Å²) >= 11 is 0. The van der Waals surface area contributed by atoms with Gasteiger partial charge in [0.15, 0.2) is 5.76 Å². The predicted octanol–water partition coefficient (Wildman–Crippen LogP) is 1.34. The van der Waals surface area contributed by atoms with Crippen molar-refractivity contribution in [2.24, 2.45) is 0 Å². The van der Waals surface area contributed by atoms with Gasteiger partial charge in [-0.25, -0.2) is 0 Å². The molecule has 0 spiro atoms. The number of methoxy groups -OCH3 is 1. The van der Waals surface area contributed by atoms with E-state index in [4.69, 9.17) is 14.0 Å². The molecule has 2 aromatic rings. The lowest BCUT2D eigenvalue weighted by Gasteiger charge is -2.26. The number of benzene rings is 1. The van der Waals surface area contributed by atoms with E-state index in [1.54, 1.807) is 13.2 Å². The van der Waals surface area contributed by atoms with E-state index in [1.165, 1.54) is 0 Å². The van der Waals surface area contributed by atoms with Crippen LogP contribution in [0.4, 0.5) is 0 Å². The molecule has 1 N–H and O–H groups in total. The van der Waals surface area contributed by atoms with Crippen molar-refractivity contribution in [1.29, 1.82) is 0 Å². The van der Waals surface area contributed by atoms with Crippen molar-refractivity contribution >= 4 is 5.91 Å². The second-order valence-corrected chi connectivity index (χ2v) is 5.89. The van der Waals surface area contributed by atoms with Gasteiger partial charge < -0.3 is 19.3 Å². The summed E-state index contributed by atoms with van der Waals surface area (Å²) in [6.45, 7) is 4.84. The van der Waals surface area contributed by atoms with Crippen LogP contribution in [0.15, 0.2) is 34.9 Å². The number of hydrogen-bond donors (Lipinski definition) is 1. The molecule has 7 heteroatoms. The average molecular weight is 345 g/mol. The van der Waals surface area contributed by atoms with Crippen LogP contribution in [-0.4, -0.2) is 62.5 Å². The lowest BCUT2D eigenvalue weighted by Crippen LogP contribution is -2.41. The Balaban J connectivity index is 1.46. The normalized spacial score (nSPS) is 15.1. The van der Waals surface area contributed by atoms with Gasteiger partial charge in [-0.05, 0) is 24.3 Å². The van der Waals surface area contributed by atoms with Crippen LogP contribution in [0.1, 0.15) is 5.69 Å². The number of rotatable bonds is 7. The molecule has 1 aromatic heterocycles. The van der Waals surface area contributed by atoms with Crippen LogP contribution in [0.2, 0.25) is 0 Å². The Morgan fingerprint density at radius 1 is 1.28 bits per heavy atom. The molecule has 25 heavy (non-hydrogen) atoms. The molecular formula is C18H23N3O4. The summed E-state index contributed by atoms with van der Waals surface area (Å²) in [6.07, 6.45) is 0.211. The lowest BCUT2D eigenvalue weighted by atomic mass is 10.1. The fourth-order valence-electron chi connectivity index (χ4n) is 2.69. The van der Waals surface area contributed by atoms with Crippen LogP contribution in [0.3, 0.4) is 0 Å². The molecule has 0 saturated carbocycles. The molecule has 0 aliphatic carbocycles. The molecule has 1 aliphatic rings. The van der Waals surface area contributed by atoms with Gasteiger partial charge in [0.25, 0.3) is 0 Å². The van der Waals surface area contributed by atoms with E-state index in [9.17, 15) is 4.79 Å². The Kier molecular flexibility index (Phi) is 6.03. The molecule has 1 aromatic carbocycles. The summed E-state index contributed by atoms with van der Waals surface area (Å²) in [5, 5.41) is 6.90. The van der Waals surface area contributed by atoms with Gasteiger partial charge in [-0.3, -0.25) is 9.69 Å². The van der Waals surface area contributed by atoms with Gasteiger partial charge in [0.05, 0.1) is 32.4 Å². The highest BCUT2D eigenvalue weighted by atomic mass is 16.5. The fourth-order valence-corrected chi connectivity index (χ4v) is 2.69. The number of morpholine rings is 1. The van der Waals surface area contributed by atoms with Gasteiger partial charge in [-0.1, -0.05) is 5.16 Å². The van der Waals surface area contributed by atoms with Crippen molar-refractivity contribution in [3.63, 3.8) is 0 Å². The van der Waals surface area contributed by atoms with Gasteiger partial charge in [0.1, 0.15) is 5.75 Å². The van der Waals surface area contributed by atoms with Crippen molar-refractivity contribution in [3.8, 4) is 17.1 Å². The van der Waals surface area contributed by atoms with Crippen LogP contribution in [0.5, 0.6) is 5.75 Å². The summed E-state index contributed by atoms with van der Waals surface area (Å²) in [5.41, 5.74) is 1.52. The fraction of sp³-hybridized carbons (Fsp3) is 0.444. The van der Waals surface area contributed by atoms with Crippen molar-refractivity contribution in [1.82, 2.24) is 15.4 Å². The molecule has 0 bridgehead atoms. The van der Waals surface area contributed by atoms with Gasteiger partial charge in [-0.15, -0.1) is 0 Å². The summed E-state index contributed by atoms with van der Waals surface area (Å²) in [4.78, 5) is 14.3. The molecule has 134 valence electrons. The van der Waals surface area contributed by atoms with E-state index >= 15 is 0 Å². The highest BCUT2D eigenvalue weighted by molar-refractivity contribution is 5.78. The molecule has 1 amide bonds. The SMILES string of the molecule is COc1ccc(-c2cc(CC(=O)NCCN3CCOCC3)no2)cc1. The topological polar surface area (TPSA) is 76.8 Å². The maximum atomic E-state index is 12.0. The second-order valence-electron chi connectivity index (χ2n) is 5.89. The van der Waals surface area contributed by atoms with Crippen molar-refractivity contribution in [3.05, 3.63) is 36.0 Å². The number of ether oxygens (including phenoxy) is 2. The van der Waals surface area contributed by atoms with E-state index in [0.29, 0.717) is 18.0 Å². The maximum absolute atomic E-state index is 12.0. The summed E-state index contributed by atoms with van der Waals surface area (Å²) in [5.74, 6) is 1.37. The summed E-state index contributed by atoms with van der Waals surface area (Å²) in [7, 11) is 1.62. The Morgan fingerprint density at radius 2 is 2.04 bits per heavy atom. The third-order valence-corrected chi connectivity index (χ3v) is 4.13. The second kappa shape index (κ2) is 8.64. The molecule has 0 radical (unpaired) electrons. The minimum absolute atomic E-state index is 0.0529. The third kappa shape index (κ3) is 5.04. The number of carbonyl (C=O) groups is 1. The summed E-state index contributed by atoms with van der Waals surface area (Å²) < 4.78 is 15.8. The first kappa shape index (κ1) is 17.4. The zero-order chi connectivity index (χ0) is 17.5. The highest BCUT2D eigenvalue weighted by Crippen LogP contribution is 2.23. The Hall–Kier alpha value is -2.38. The van der Waals surface area contributed by atoms with Gasteiger partial charge in [-0.2, -0.15) is 0 Å². The van der Waals surface area contributed by atoms with E-state index in [0.717, 1.165) is 44.2 Å². The van der Waals surface area contributed by atoms with E-state index in [2.05, 4.69) is 15.4 Å². The van der Waals surface area contributed by atoms with Gasteiger partial charge in [0.2, 0.25) is 5.91 Å². The number of amides is 1. The predicted molar refractivity (Wildman–Crippen MR) is 92.5 cm³/mol. The molecule has 1 aliphatic heterocycles. The molecule has 7 nitrogen and oxygen atoms in total. The zero-order valence-corrected chi connectivity index (χ0v) is 14.4. The standard InChI is InChI=1S/C18H23N3O4/c1-23-16-4-2-14(3-5-16)17-12-15(20-25-17)13-18(22)19-6-7-21-8-10-24-11-9-21/h2-5,12H,6-11,13H2,1H3,(H,19,22). The molecule has 0 atom stereocenters. The van der Waals surface area contributed by atoms with Crippen LogP contribution < -0.4 is 10.1 Å². The van der Waals surface area contributed by atoms with Crippen LogP contribution in [-0.2, 0) is 16.0 Å². The lowest BCUT2D eigenvalue weighted by molar-refractivity contribution is -0.120. The molecule has 1 saturated heterocycles. The van der Waals surface area contributed by atoms with Crippen molar-refractivity contribution < 1.29 is 18.8 Å². The third-order valence-electron chi connectivity index (χ3n) is 4.13. The Morgan fingerprint density at radius 3 is 2.76 bits per heavy atom. The largest absolute Gasteiger partial charge is 0.497 e. The van der Waals surface area contributed by atoms with Crippen LogP contribution in [0, 0.1) is 0 Å². The van der Waals surface area contributed by atoms with Gasteiger partial charge >= 0.3 is 0 Å². The minimum atomic E-state index is -0.0529. The first-order valence-electron chi connectivity index (χ1n) is 8.41. The van der Waals surface area contributed by atoms with Crippen LogP contribution in [0.25, 0.3) is 11.3 Å². The Bertz CT molecular complexity index is 678. The molecule has 3 rings (SSSR count). The monoisotopic (exact) mass is 345 g/mol. The van der Waals surface area contributed by atoms with Crippen LogP contribution >= 0.6 is 0 Å². The van der Waals surface area contributed by atoms with Crippen molar-refractivity contribution in [2.45, 2.75) is 6.42 Å². The zero-order valence-electron chi connectivity index (χ0n) is 14.4. The molecular weight excluding hydrogens is 322 g/mol. The number of nitrogens with one attached hydrogen (secondary N) is 1. The smallest absolute Gasteiger partial charge is 0.226 e. The minimum Gasteiger partial charge on any atom is -0.497 e. The van der Waals surface area contributed by atoms with E-state index in [1.807, 2.05) is 24.3 Å². The highest BCUT2D eigenvalue weighted by Gasteiger charge is 2.12. The number of nitrogens with zero attached hydrogens (tertiary/aromatic N) is 2. The maximum Gasteiger partial charge on any atom is 0.226 e. The number of carbonyl (C=O) groups excluding carboxylic acids is 1. The number of hydrogen-bond acceptors (Lipinski definition) is 6. The van der Waals surface area contributed by atoms with E-state index in [-0.39, 0.29) is 12.3 Å². The first-order chi connectivity index (χ1) is 12.2. The molecule has 2 heterocycles. The summed E-state index contributed by atoms with van der Waals surface area (Å²) in [6, 6.07) is 9.30. The Labute approximate surface area is 146 Å². The number of aromatic nitrogens is 1. The molecule has 0 unspecified atom stereocenters. The average Bonchev–Trinajstić information content (AvgIpc) is 3.11. The van der Waals surface area contributed by atoms with Gasteiger partial charge in [0, 0.05) is 37.8 Å². The quantitative estimate of drug-likeness (QED) is 0.816. The molecule has 1 fully saturated rings.